The second-order valence-corrected chi connectivity index (χ2v) is 7.31. The number of rotatable bonds is 7. The zero-order chi connectivity index (χ0) is 20.0. The van der Waals surface area contributed by atoms with E-state index in [0.29, 0.717) is 34.5 Å². The van der Waals surface area contributed by atoms with Gasteiger partial charge in [-0.15, -0.1) is 0 Å². The molecule has 2 aromatic carbocycles. The molecule has 0 spiro atoms. The van der Waals surface area contributed by atoms with E-state index in [1.165, 1.54) is 0 Å². The quantitative estimate of drug-likeness (QED) is 0.704. The summed E-state index contributed by atoms with van der Waals surface area (Å²) in [6.45, 7) is 7.67. The molecule has 0 aliphatic rings. The summed E-state index contributed by atoms with van der Waals surface area (Å²) in [6.07, 6.45) is 0.472. The van der Waals surface area contributed by atoms with Crippen molar-refractivity contribution in [3.63, 3.8) is 0 Å². The zero-order valence-corrected chi connectivity index (χ0v) is 16.8. The molecule has 144 valence electrons. The Bertz CT molecular complexity index is 794. The first kappa shape index (κ1) is 20.8. The van der Waals surface area contributed by atoms with E-state index in [1.807, 2.05) is 27.7 Å². The van der Waals surface area contributed by atoms with Gasteiger partial charge in [0.2, 0.25) is 5.91 Å². The molecule has 0 heterocycles. The third-order valence-electron chi connectivity index (χ3n) is 3.83. The Labute approximate surface area is 165 Å². The van der Waals surface area contributed by atoms with Crippen LogP contribution in [0.3, 0.4) is 0 Å². The van der Waals surface area contributed by atoms with Gasteiger partial charge in [0.1, 0.15) is 5.75 Å². The largest absolute Gasteiger partial charge is 0.484 e. The lowest BCUT2D eigenvalue weighted by atomic mass is 10.1. The maximum absolute atomic E-state index is 12.1. The van der Waals surface area contributed by atoms with Gasteiger partial charge < -0.3 is 15.4 Å². The number of ether oxygens (including phenoxy) is 1. The van der Waals surface area contributed by atoms with Crippen molar-refractivity contribution in [1.82, 2.24) is 0 Å². The topological polar surface area (TPSA) is 67.4 Å². The fraction of sp³-hybridized carbons (Fsp3) is 0.333. The van der Waals surface area contributed by atoms with E-state index in [4.69, 9.17) is 16.3 Å². The molecule has 0 bridgehead atoms. The molecule has 5 nitrogen and oxygen atoms in total. The maximum atomic E-state index is 12.1. The summed E-state index contributed by atoms with van der Waals surface area (Å²) >= 11 is 6.13. The minimum Gasteiger partial charge on any atom is -0.484 e. The highest BCUT2D eigenvalue weighted by molar-refractivity contribution is 6.32. The maximum Gasteiger partial charge on any atom is 0.262 e. The van der Waals surface area contributed by atoms with Crippen LogP contribution in [0.15, 0.2) is 36.4 Å². The Kier molecular flexibility index (Phi) is 7.25. The van der Waals surface area contributed by atoms with Crippen LogP contribution in [0.4, 0.5) is 11.4 Å². The highest BCUT2D eigenvalue weighted by Crippen LogP contribution is 2.25. The Hall–Kier alpha value is -2.53. The molecule has 0 aliphatic carbocycles. The van der Waals surface area contributed by atoms with Gasteiger partial charge in [0, 0.05) is 22.8 Å². The summed E-state index contributed by atoms with van der Waals surface area (Å²) in [5, 5.41) is 6.29. The van der Waals surface area contributed by atoms with E-state index in [1.54, 1.807) is 36.4 Å². The normalized spacial score (nSPS) is 10.6. The van der Waals surface area contributed by atoms with Crippen molar-refractivity contribution in [3.05, 3.63) is 52.5 Å². The Morgan fingerprint density at radius 3 is 1.93 bits per heavy atom. The summed E-state index contributed by atoms with van der Waals surface area (Å²) in [4.78, 5) is 23.8. The van der Waals surface area contributed by atoms with Crippen molar-refractivity contribution >= 4 is 34.8 Å². The van der Waals surface area contributed by atoms with E-state index < -0.39 is 0 Å². The second kappa shape index (κ2) is 9.42. The molecule has 0 radical (unpaired) electrons. The van der Waals surface area contributed by atoms with Crippen molar-refractivity contribution in [1.29, 1.82) is 0 Å². The first-order valence-electron chi connectivity index (χ1n) is 8.84. The van der Waals surface area contributed by atoms with E-state index in [0.717, 1.165) is 11.1 Å². The number of aryl methyl sites for hydroxylation is 2. The van der Waals surface area contributed by atoms with Crippen molar-refractivity contribution in [2.45, 2.75) is 34.1 Å². The molecule has 0 atom stereocenters. The predicted molar refractivity (Wildman–Crippen MR) is 110 cm³/mol. The van der Waals surface area contributed by atoms with E-state index in [9.17, 15) is 9.59 Å². The van der Waals surface area contributed by atoms with Crippen LogP contribution in [-0.2, 0) is 9.59 Å². The number of anilines is 2. The zero-order valence-electron chi connectivity index (χ0n) is 16.1. The van der Waals surface area contributed by atoms with E-state index in [-0.39, 0.29) is 18.4 Å². The number of nitrogens with one attached hydrogen (secondary N) is 2. The summed E-state index contributed by atoms with van der Waals surface area (Å²) < 4.78 is 5.54. The smallest absolute Gasteiger partial charge is 0.262 e. The lowest BCUT2D eigenvalue weighted by Crippen LogP contribution is -2.20. The molecule has 2 amide bonds. The third kappa shape index (κ3) is 6.61. The Morgan fingerprint density at radius 2 is 1.44 bits per heavy atom. The monoisotopic (exact) mass is 388 g/mol. The Balaban J connectivity index is 1.86. The lowest BCUT2D eigenvalue weighted by Gasteiger charge is -2.11. The molecule has 2 N–H and O–H groups in total. The van der Waals surface area contributed by atoms with Crippen LogP contribution < -0.4 is 15.4 Å². The van der Waals surface area contributed by atoms with E-state index >= 15 is 0 Å². The van der Waals surface area contributed by atoms with Gasteiger partial charge in [-0.25, -0.2) is 0 Å². The molecular weight excluding hydrogens is 364 g/mol. The van der Waals surface area contributed by atoms with Crippen LogP contribution in [0, 0.1) is 19.8 Å². The Morgan fingerprint density at radius 1 is 0.963 bits per heavy atom. The fourth-order valence-corrected chi connectivity index (χ4v) is 2.66. The van der Waals surface area contributed by atoms with Gasteiger partial charge in [0.05, 0.1) is 0 Å². The van der Waals surface area contributed by atoms with Gasteiger partial charge in [-0.1, -0.05) is 25.4 Å². The van der Waals surface area contributed by atoms with Gasteiger partial charge in [-0.3, -0.25) is 9.59 Å². The van der Waals surface area contributed by atoms with Crippen LogP contribution in [0.5, 0.6) is 5.75 Å². The van der Waals surface area contributed by atoms with Crippen molar-refractivity contribution in [2.75, 3.05) is 17.2 Å². The van der Waals surface area contributed by atoms with Crippen molar-refractivity contribution in [2.24, 2.45) is 5.92 Å². The predicted octanol–water partition coefficient (Wildman–Crippen LogP) is 4.96. The third-order valence-corrected chi connectivity index (χ3v) is 4.42. The first-order valence-corrected chi connectivity index (χ1v) is 9.21. The minimum atomic E-state index is -0.267. The lowest BCUT2D eigenvalue weighted by molar-refractivity contribution is -0.118. The van der Waals surface area contributed by atoms with Crippen LogP contribution >= 0.6 is 11.6 Å². The molecule has 27 heavy (non-hydrogen) atoms. The first-order chi connectivity index (χ1) is 12.7. The van der Waals surface area contributed by atoms with Crippen LogP contribution in [0.1, 0.15) is 31.4 Å². The van der Waals surface area contributed by atoms with Crippen molar-refractivity contribution < 1.29 is 14.3 Å². The fourth-order valence-electron chi connectivity index (χ4n) is 2.56. The number of halogens is 1. The second-order valence-electron chi connectivity index (χ2n) is 6.93. The summed E-state index contributed by atoms with van der Waals surface area (Å²) in [6, 6.07) is 10.6. The van der Waals surface area contributed by atoms with Gasteiger partial charge in [0.25, 0.3) is 5.91 Å². The molecule has 0 unspecified atom stereocenters. The average Bonchev–Trinajstić information content (AvgIpc) is 2.58. The number of hydrogen-bond donors (Lipinski definition) is 2. The SMILES string of the molecule is Cc1cc(OCC(=O)Nc2ccc(NC(=O)CC(C)C)cc2)cc(C)c1Cl. The molecule has 0 aliphatic heterocycles. The van der Waals surface area contributed by atoms with Gasteiger partial charge >= 0.3 is 0 Å². The number of benzene rings is 2. The standard InChI is InChI=1S/C21H25ClN2O3/c1-13(2)9-19(25)23-16-5-7-17(8-6-16)24-20(26)12-27-18-10-14(3)21(22)15(4)11-18/h5-8,10-11,13H,9,12H2,1-4H3,(H,23,25)(H,24,26). The van der Waals surface area contributed by atoms with Crippen LogP contribution in [0.25, 0.3) is 0 Å². The van der Waals surface area contributed by atoms with Crippen LogP contribution in [0.2, 0.25) is 5.02 Å². The number of carbonyl (C=O) groups is 2. The van der Waals surface area contributed by atoms with Gasteiger partial charge in [0.15, 0.2) is 6.61 Å². The molecule has 0 fully saturated rings. The molecule has 0 saturated heterocycles. The average molecular weight is 389 g/mol. The molecule has 0 saturated carbocycles. The van der Waals surface area contributed by atoms with Gasteiger partial charge in [-0.2, -0.15) is 0 Å². The van der Waals surface area contributed by atoms with Crippen LogP contribution in [-0.4, -0.2) is 18.4 Å². The van der Waals surface area contributed by atoms with Crippen molar-refractivity contribution in [3.8, 4) is 5.75 Å². The summed E-state index contributed by atoms with van der Waals surface area (Å²) in [7, 11) is 0. The molecule has 6 heteroatoms. The minimum absolute atomic E-state index is 0.0243. The summed E-state index contributed by atoms with van der Waals surface area (Å²) in [5.74, 6) is 0.616. The van der Waals surface area contributed by atoms with E-state index in [2.05, 4.69) is 10.6 Å². The molecule has 2 rings (SSSR count). The molecular formula is C21H25ClN2O3. The van der Waals surface area contributed by atoms with Gasteiger partial charge in [-0.05, 0) is 67.3 Å². The highest BCUT2D eigenvalue weighted by Gasteiger charge is 2.08. The number of carbonyl (C=O) groups excluding carboxylic acids is 2. The highest BCUT2D eigenvalue weighted by atomic mass is 35.5. The summed E-state index contributed by atoms with van der Waals surface area (Å²) in [5.41, 5.74) is 3.14. The number of amides is 2. The molecule has 0 aromatic heterocycles. The number of hydrogen-bond acceptors (Lipinski definition) is 3. The molecule has 2 aromatic rings.